The summed E-state index contributed by atoms with van der Waals surface area (Å²) in [6.07, 6.45) is 0.575. The summed E-state index contributed by atoms with van der Waals surface area (Å²) in [6, 6.07) is 1.99. The lowest BCUT2D eigenvalue weighted by Gasteiger charge is -2.05. The van der Waals surface area contributed by atoms with Gasteiger partial charge in [0.2, 0.25) is 5.91 Å². The van der Waals surface area contributed by atoms with E-state index in [4.69, 9.17) is 5.73 Å². The molecule has 4 heteroatoms. The van der Waals surface area contributed by atoms with Crippen LogP contribution in [-0.2, 0) is 11.3 Å². The van der Waals surface area contributed by atoms with Crippen molar-refractivity contribution in [3.8, 4) is 11.8 Å². The molecule has 0 saturated heterocycles. The van der Waals surface area contributed by atoms with E-state index in [0.29, 0.717) is 25.4 Å². The maximum absolute atomic E-state index is 11.5. The number of nitrogens with one attached hydrogen (secondary N) is 1. The normalized spacial score (nSPS) is 9.88. The van der Waals surface area contributed by atoms with Gasteiger partial charge in [0.15, 0.2) is 0 Å². The van der Waals surface area contributed by atoms with Gasteiger partial charge in [-0.2, -0.15) is 0 Å². The highest BCUT2D eigenvalue weighted by molar-refractivity contribution is 7.10. The summed E-state index contributed by atoms with van der Waals surface area (Å²) >= 11 is 1.60. The van der Waals surface area contributed by atoms with Gasteiger partial charge in [-0.1, -0.05) is 25.7 Å². The third-order valence-electron chi connectivity index (χ3n) is 2.04. The Kier molecular flexibility index (Phi) is 5.75. The predicted molar refractivity (Wildman–Crippen MR) is 71.6 cm³/mol. The first-order chi connectivity index (χ1) is 8.11. The summed E-state index contributed by atoms with van der Waals surface area (Å²) in [5.74, 6) is 6.27. The van der Waals surface area contributed by atoms with Gasteiger partial charge in [-0.05, 0) is 12.0 Å². The Labute approximate surface area is 106 Å². The molecule has 1 aromatic rings. The summed E-state index contributed by atoms with van der Waals surface area (Å²) < 4.78 is 0. The van der Waals surface area contributed by atoms with E-state index >= 15 is 0 Å². The molecule has 0 fully saturated rings. The lowest BCUT2D eigenvalue weighted by molar-refractivity contribution is -0.121. The molecule has 0 aliphatic heterocycles. The first-order valence-corrected chi connectivity index (χ1v) is 6.53. The van der Waals surface area contributed by atoms with Crippen LogP contribution in [0.2, 0.25) is 0 Å². The van der Waals surface area contributed by atoms with Crippen molar-refractivity contribution in [3.63, 3.8) is 0 Å². The Balaban J connectivity index is 2.42. The third-order valence-corrected chi connectivity index (χ3v) is 2.98. The van der Waals surface area contributed by atoms with Crippen LogP contribution in [-0.4, -0.2) is 12.5 Å². The standard InChI is InChI=1S/C13H18N2OS/c1-10(2)6-13(16)15-8-12-7-11(9-17-12)4-3-5-14/h7,9-10H,5-6,8,14H2,1-2H3,(H,15,16). The summed E-state index contributed by atoms with van der Waals surface area (Å²) in [5.41, 5.74) is 6.27. The first kappa shape index (κ1) is 13.8. The van der Waals surface area contributed by atoms with Crippen molar-refractivity contribution in [2.24, 2.45) is 11.7 Å². The van der Waals surface area contributed by atoms with Crippen LogP contribution in [0.3, 0.4) is 0 Å². The van der Waals surface area contributed by atoms with Gasteiger partial charge < -0.3 is 11.1 Å². The predicted octanol–water partition coefficient (Wildman–Crippen LogP) is 1.72. The quantitative estimate of drug-likeness (QED) is 0.799. The second-order valence-corrected chi connectivity index (χ2v) is 5.18. The fourth-order valence-electron chi connectivity index (χ4n) is 1.32. The van der Waals surface area contributed by atoms with Gasteiger partial charge in [0, 0.05) is 22.2 Å². The minimum atomic E-state index is 0.1000. The molecule has 1 aromatic heterocycles. The van der Waals surface area contributed by atoms with E-state index in [2.05, 4.69) is 17.2 Å². The first-order valence-electron chi connectivity index (χ1n) is 5.65. The van der Waals surface area contributed by atoms with Crippen LogP contribution < -0.4 is 11.1 Å². The van der Waals surface area contributed by atoms with Gasteiger partial charge in [0.1, 0.15) is 0 Å². The minimum absolute atomic E-state index is 0.1000. The van der Waals surface area contributed by atoms with Crippen molar-refractivity contribution < 1.29 is 4.79 Å². The maximum atomic E-state index is 11.5. The summed E-state index contributed by atoms with van der Waals surface area (Å²) in [6.45, 7) is 5.02. The van der Waals surface area contributed by atoms with E-state index in [1.165, 1.54) is 0 Å². The van der Waals surface area contributed by atoms with Crippen molar-refractivity contribution in [3.05, 3.63) is 21.9 Å². The highest BCUT2D eigenvalue weighted by Crippen LogP contribution is 2.13. The van der Waals surface area contributed by atoms with Crippen LogP contribution >= 0.6 is 11.3 Å². The van der Waals surface area contributed by atoms with Crippen molar-refractivity contribution in [2.75, 3.05) is 6.54 Å². The van der Waals surface area contributed by atoms with E-state index in [0.717, 1.165) is 10.4 Å². The van der Waals surface area contributed by atoms with E-state index < -0.39 is 0 Å². The van der Waals surface area contributed by atoms with Crippen molar-refractivity contribution in [1.29, 1.82) is 0 Å². The van der Waals surface area contributed by atoms with Crippen molar-refractivity contribution >= 4 is 17.2 Å². The molecule has 1 heterocycles. The minimum Gasteiger partial charge on any atom is -0.351 e. The van der Waals surface area contributed by atoms with Gasteiger partial charge in [0.05, 0.1) is 13.1 Å². The van der Waals surface area contributed by atoms with Gasteiger partial charge >= 0.3 is 0 Å². The number of thiophene rings is 1. The zero-order chi connectivity index (χ0) is 12.7. The Hall–Kier alpha value is -1.31. The molecule has 0 unspecified atom stereocenters. The molecule has 3 nitrogen and oxygen atoms in total. The maximum Gasteiger partial charge on any atom is 0.220 e. The highest BCUT2D eigenvalue weighted by atomic mass is 32.1. The van der Waals surface area contributed by atoms with Crippen LogP contribution in [0.15, 0.2) is 11.4 Å². The van der Waals surface area contributed by atoms with Gasteiger partial charge in [-0.3, -0.25) is 4.79 Å². The lowest BCUT2D eigenvalue weighted by atomic mass is 10.1. The molecule has 1 rings (SSSR count). The van der Waals surface area contributed by atoms with E-state index in [9.17, 15) is 4.79 Å². The second kappa shape index (κ2) is 7.10. The Bertz CT molecular complexity index is 426. The number of nitrogens with two attached hydrogens (primary N) is 1. The summed E-state index contributed by atoms with van der Waals surface area (Å²) in [7, 11) is 0. The average Bonchev–Trinajstić information content (AvgIpc) is 2.70. The van der Waals surface area contributed by atoms with E-state index in [1.54, 1.807) is 11.3 Å². The Morgan fingerprint density at radius 2 is 2.35 bits per heavy atom. The fraction of sp³-hybridized carbons (Fsp3) is 0.462. The number of hydrogen-bond donors (Lipinski definition) is 2. The molecule has 0 aliphatic carbocycles. The Morgan fingerprint density at radius 1 is 1.59 bits per heavy atom. The zero-order valence-corrected chi connectivity index (χ0v) is 11.1. The van der Waals surface area contributed by atoms with Crippen LogP contribution in [0.4, 0.5) is 0 Å². The van der Waals surface area contributed by atoms with Crippen LogP contribution in [0.1, 0.15) is 30.7 Å². The van der Waals surface area contributed by atoms with Crippen LogP contribution in [0.25, 0.3) is 0 Å². The monoisotopic (exact) mass is 250 g/mol. The molecule has 0 saturated carbocycles. The average molecular weight is 250 g/mol. The molecule has 0 bridgehead atoms. The number of amides is 1. The van der Waals surface area contributed by atoms with Gasteiger partial charge in [0.25, 0.3) is 0 Å². The molecule has 0 aliphatic rings. The molecular weight excluding hydrogens is 232 g/mol. The van der Waals surface area contributed by atoms with E-state index in [1.807, 2.05) is 25.3 Å². The SMILES string of the molecule is CC(C)CC(=O)NCc1cc(C#CCN)cs1. The smallest absolute Gasteiger partial charge is 0.220 e. The lowest BCUT2D eigenvalue weighted by Crippen LogP contribution is -2.23. The largest absolute Gasteiger partial charge is 0.351 e. The van der Waals surface area contributed by atoms with E-state index in [-0.39, 0.29) is 5.91 Å². The molecule has 0 radical (unpaired) electrons. The molecule has 0 atom stereocenters. The zero-order valence-electron chi connectivity index (χ0n) is 10.2. The molecule has 0 aromatic carbocycles. The number of carbonyl (C=O) groups excluding carboxylic acids is 1. The number of carbonyl (C=O) groups is 1. The topological polar surface area (TPSA) is 55.1 Å². The number of rotatable bonds is 4. The van der Waals surface area contributed by atoms with Gasteiger partial charge in [-0.25, -0.2) is 0 Å². The Morgan fingerprint density at radius 3 is 3.00 bits per heavy atom. The summed E-state index contributed by atoms with van der Waals surface area (Å²) in [5, 5.41) is 4.88. The molecule has 17 heavy (non-hydrogen) atoms. The van der Waals surface area contributed by atoms with Gasteiger partial charge in [-0.15, -0.1) is 11.3 Å². The number of hydrogen-bond acceptors (Lipinski definition) is 3. The highest BCUT2D eigenvalue weighted by Gasteiger charge is 2.05. The van der Waals surface area contributed by atoms with Crippen molar-refractivity contribution in [1.82, 2.24) is 5.32 Å². The summed E-state index contributed by atoms with van der Waals surface area (Å²) in [4.78, 5) is 12.6. The molecule has 92 valence electrons. The molecular formula is C13H18N2OS. The molecule has 1 amide bonds. The third kappa shape index (κ3) is 5.53. The van der Waals surface area contributed by atoms with Crippen LogP contribution in [0.5, 0.6) is 0 Å². The molecule has 3 N–H and O–H groups in total. The van der Waals surface area contributed by atoms with Crippen LogP contribution in [0, 0.1) is 17.8 Å². The fourth-order valence-corrected chi connectivity index (χ4v) is 2.08. The molecule has 0 spiro atoms. The second-order valence-electron chi connectivity index (χ2n) is 4.18. The van der Waals surface area contributed by atoms with Crippen molar-refractivity contribution in [2.45, 2.75) is 26.8 Å².